The van der Waals surface area contributed by atoms with Crippen molar-refractivity contribution in [2.75, 3.05) is 40.4 Å². The maximum Gasteiger partial charge on any atom is 0.414 e. The normalized spacial score (nSPS) is 14.2. The molecule has 3 rings (SSSR count). The molecule has 0 unspecified atom stereocenters. The number of piperazine rings is 1. The number of phenols is 1. The van der Waals surface area contributed by atoms with Gasteiger partial charge >= 0.3 is 11.9 Å². The van der Waals surface area contributed by atoms with E-state index in [-0.39, 0.29) is 5.75 Å². The van der Waals surface area contributed by atoms with Gasteiger partial charge in [0.05, 0.1) is 14.2 Å². The van der Waals surface area contributed by atoms with Crippen LogP contribution in [0.2, 0.25) is 0 Å². The number of hydrogen-bond donors (Lipinski definition) is 3. The Balaban J connectivity index is 0.000000534. The number of carboxylic acids is 2. The molecule has 0 spiro atoms. The number of halogens is 1. The summed E-state index contributed by atoms with van der Waals surface area (Å²) in [6, 6.07) is 12.3. The second-order valence-electron chi connectivity index (χ2n) is 7.14. The molecule has 0 aromatic heterocycles. The number of hydrogen-bond acceptors (Lipinski definition) is 7. The van der Waals surface area contributed by atoms with Crippen LogP contribution in [0.4, 0.5) is 0 Å². The van der Waals surface area contributed by atoms with E-state index in [2.05, 4.69) is 50.0 Å². The van der Waals surface area contributed by atoms with Gasteiger partial charge in [0.15, 0.2) is 11.5 Å². The van der Waals surface area contributed by atoms with Crippen LogP contribution >= 0.6 is 15.9 Å². The Morgan fingerprint density at radius 3 is 1.75 bits per heavy atom. The molecule has 0 atom stereocenters. The highest BCUT2D eigenvalue weighted by Crippen LogP contribution is 2.37. The van der Waals surface area contributed by atoms with Gasteiger partial charge < -0.3 is 24.8 Å². The Morgan fingerprint density at radius 1 is 0.875 bits per heavy atom. The van der Waals surface area contributed by atoms with Gasteiger partial charge in [-0.1, -0.05) is 28.1 Å². The lowest BCUT2D eigenvalue weighted by Crippen LogP contribution is -2.45. The van der Waals surface area contributed by atoms with Crippen molar-refractivity contribution in [1.82, 2.24) is 9.80 Å². The SMILES string of the molecule is COc1cc(CN2CCN(Cc3cccc(Br)c3)CC2)cc(OC)c1O.O=C(O)C(=O)O. The van der Waals surface area contributed by atoms with Gasteiger partial charge in [-0.3, -0.25) is 9.80 Å². The van der Waals surface area contributed by atoms with E-state index in [4.69, 9.17) is 29.3 Å². The average molecular weight is 511 g/mol. The summed E-state index contributed by atoms with van der Waals surface area (Å²) in [4.78, 5) is 23.1. The van der Waals surface area contributed by atoms with Crippen LogP contribution in [0.25, 0.3) is 0 Å². The lowest BCUT2D eigenvalue weighted by atomic mass is 10.1. The Morgan fingerprint density at radius 2 is 1.34 bits per heavy atom. The predicted octanol–water partition coefficient (Wildman–Crippen LogP) is 2.65. The molecule has 1 saturated heterocycles. The zero-order valence-electron chi connectivity index (χ0n) is 18.0. The molecule has 1 aliphatic heterocycles. The van der Waals surface area contributed by atoms with Gasteiger partial charge in [-0.05, 0) is 35.4 Å². The van der Waals surface area contributed by atoms with E-state index < -0.39 is 11.9 Å². The number of rotatable bonds is 6. The highest BCUT2D eigenvalue weighted by atomic mass is 79.9. The van der Waals surface area contributed by atoms with Crippen LogP contribution in [0.15, 0.2) is 40.9 Å². The third kappa shape index (κ3) is 7.70. The summed E-state index contributed by atoms with van der Waals surface area (Å²) in [5, 5.41) is 24.8. The largest absolute Gasteiger partial charge is 0.502 e. The van der Waals surface area contributed by atoms with Crippen LogP contribution in [0.5, 0.6) is 17.2 Å². The molecule has 0 amide bonds. The highest BCUT2D eigenvalue weighted by molar-refractivity contribution is 9.10. The average Bonchev–Trinajstić information content (AvgIpc) is 2.76. The predicted molar refractivity (Wildman–Crippen MR) is 121 cm³/mol. The van der Waals surface area contributed by atoms with Crippen molar-refractivity contribution in [2.24, 2.45) is 0 Å². The second-order valence-corrected chi connectivity index (χ2v) is 8.06. The van der Waals surface area contributed by atoms with E-state index in [1.54, 1.807) is 14.2 Å². The Hall–Kier alpha value is -2.82. The van der Waals surface area contributed by atoms with Crippen LogP contribution in [0.3, 0.4) is 0 Å². The van der Waals surface area contributed by atoms with Crippen LogP contribution in [0, 0.1) is 0 Å². The summed E-state index contributed by atoms with van der Waals surface area (Å²) in [5.74, 6) is -2.69. The van der Waals surface area contributed by atoms with E-state index in [1.165, 1.54) is 5.56 Å². The monoisotopic (exact) mass is 510 g/mol. The summed E-state index contributed by atoms with van der Waals surface area (Å²) in [7, 11) is 3.11. The summed E-state index contributed by atoms with van der Waals surface area (Å²) >= 11 is 3.54. The zero-order valence-corrected chi connectivity index (χ0v) is 19.5. The van der Waals surface area contributed by atoms with E-state index in [0.29, 0.717) is 11.5 Å². The molecule has 9 nitrogen and oxygen atoms in total. The van der Waals surface area contributed by atoms with E-state index in [1.807, 2.05) is 12.1 Å². The standard InChI is InChI=1S/C20H25BrN2O3.C2H2O4/c1-25-18-11-16(12-19(26-2)20(18)24)14-23-8-6-22(7-9-23)13-15-4-3-5-17(21)10-15;3-1(4)2(5)6/h3-5,10-12,24H,6-9,13-14H2,1-2H3;(H,3,4)(H,5,6). The van der Waals surface area contributed by atoms with Crippen molar-refractivity contribution in [3.8, 4) is 17.2 Å². The molecule has 32 heavy (non-hydrogen) atoms. The molecule has 0 saturated carbocycles. The highest BCUT2D eigenvalue weighted by Gasteiger charge is 2.19. The quantitative estimate of drug-likeness (QED) is 0.503. The molecule has 0 aliphatic carbocycles. The Bertz CT molecular complexity index is 893. The van der Waals surface area contributed by atoms with Gasteiger partial charge in [0.1, 0.15) is 0 Å². The number of phenolic OH excluding ortho intramolecular Hbond substituents is 1. The lowest BCUT2D eigenvalue weighted by molar-refractivity contribution is -0.159. The molecule has 3 N–H and O–H groups in total. The van der Waals surface area contributed by atoms with Gasteiger partial charge in [0.25, 0.3) is 0 Å². The molecule has 1 fully saturated rings. The minimum Gasteiger partial charge on any atom is -0.502 e. The number of ether oxygens (including phenoxy) is 2. The van der Waals surface area contributed by atoms with Crippen LogP contribution in [0.1, 0.15) is 11.1 Å². The topological polar surface area (TPSA) is 120 Å². The fraction of sp³-hybridized carbons (Fsp3) is 0.364. The number of aliphatic carboxylic acids is 2. The van der Waals surface area contributed by atoms with Gasteiger partial charge in [0.2, 0.25) is 5.75 Å². The van der Waals surface area contributed by atoms with Crippen LogP contribution in [-0.2, 0) is 22.7 Å². The van der Waals surface area contributed by atoms with Crippen LogP contribution < -0.4 is 9.47 Å². The number of carbonyl (C=O) groups is 2. The molecule has 0 bridgehead atoms. The molecular weight excluding hydrogens is 484 g/mol. The number of methoxy groups -OCH3 is 2. The van der Waals surface area contributed by atoms with Crippen molar-refractivity contribution in [2.45, 2.75) is 13.1 Å². The first-order valence-corrected chi connectivity index (χ1v) is 10.6. The third-order valence-corrected chi connectivity index (χ3v) is 5.38. The van der Waals surface area contributed by atoms with E-state index in [9.17, 15) is 5.11 Å². The minimum atomic E-state index is -1.82. The number of aromatic hydroxyl groups is 1. The van der Waals surface area contributed by atoms with E-state index in [0.717, 1.165) is 49.3 Å². The molecule has 2 aromatic rings. The summed E-state index contributed by atoms with van der Waals surface area (Å²) < 4.78 is 11.6. The van der Waals surface area contributed by atoms with Gasteiger partial charge in [-0.25, -0.2) is 9.59 Å². The molecule has 174 valence electrons. The minimum absolute atomic E-state index is 0.0533. The summed E-state index contributed by atoms with van der Waals surface area (Å²) in [6.45, 7) is 5.91. The number of benzene rings is 2. The molecule has 1 aliphatic rings. The van der Waals surface area contributed by atoms with Crippen molar-refractivity contribution in [3.63, 3.8) is 0 Å². The van der Waals surface area contributed by atoms with Gasteiger partial charge in [0, 0.05) is 43.7 Å². The fourth-order valence-corrected chi connectivity index (χ4v) is 3.74. The summed E-state index contributed by atoms with van der Waals surface area (Å²) in [6.07, 6.45) is 0. The smallest absolute Gasteiger partial charge is 0.414 e. The molecule has 2 aromatic carbocycles. The molecule has 0 radical (unpaired) electrons. The first-order valence-electron chi connectivity index (χ1n) is 9.82. The first-order chi connectivity index (χ1) is 15.2. The van der Waals surface area contributed by atoms with Crippen molar-refractivity contribution in [3.05, 3.63) is 52.0 Å². The number of nitrogens with zero attached hydrogens (tertiary/aromatic N) is 2. The molecule has 10 heteroatoms. The van der Waals surface area contributed by atoms with E-state index >= 15 is 0 Å². The van der Waals surface area contributed by atoms with Crippen LogP contribution in [-0.4, -0.2) is 77.5 Å². The molecular formula is C22H27BrN2O7. The molecule has 1 heterocycles. The second kappa shape index (κ2) is 12.3. The fourth-order valence-electron chi connectivity index (χ4n) is 3.30. The number of carboxylic acid groups (broad SMARTS) is 2. The lowest BCUT2D eigenvalue weighted by Gasteiger charge is -2.34. The van der Waals surface area contributed by atoms with Gasteiger partial charge in [-0.15, -0.1) is 0 Å². The van der Waals surface area contributed by atoms with Crippen molar-refractivity contribution in [1.29, 1.82) is 0 Å². The van der Waals surface area contributed by atoms with Crippen molar-refractivity contribution < 1.29 is 34.4 Å². The Kier molecular flexibility index (Phi) is 9.76. The maximum atomic E-state index is 10.0. The Labute approximate surface area is 194 Å². The zero-order chi connectivity index (χ0) is 23.7. The first kappa shape index (κ1) is 25.4. The third-order valence-electron chi connectivity index (χ3n) is 4.89. The van der Waals surface area contributed by atoms with Crippen molar-refractivity contribution >= 4 is 27.9 Å². The summed E-state index contributed by atoms with van der Waals surface area (Å²) in [5.41, 5.74) is 2.41. The maximum absolute atomic E-state index is 10.0. The van der Waals surface area contributed by atoms with Gasteiger partial charge in [-0.2, -0.15) is 0 Å².